The first-order chi connectivity index (χ1) is 8.97. The highest BCUT2D eigenvalue weighted by atomic mass is 79.9. The number of hydrogen-bond donors (Lipinski definition) is 1. The summed E-state index contributed by atoms with van der Waals surface area (Å²) in [5.41, 5.74) is 9.53. The zero-order valence-electron chi connectivity index (χ0n) is 10.5. The van der Waals surface area contributed by atoms with E-state index in [2.05, 4.69) is 37.9 Å². The van der Waals surface area contributed by atoms with Gasteiger partial charge in [0.15, 0.2) is 0 Å². The molecule has 2 N–H and O–H groups in total. The zero-order valence-corrected chi connectivity index (χ0v) is 13.6. The van der Waals surface area contributed by atoms with Crippen LogP contribution in [0.15, 0.2) is 45.3 Å². The molecule has 100 valence electrons. The van der Waals surface area contributed by atoms with Crippen LogP contribution in [0.3, 0.4) is 0 Å². The van der Waals surface area contributed by atoms with Gasteiger partial charge in [-0.05, 0) is 70.2 Å². The van der Waals surface area contributed by atoms with Gasteiger partial charge in [-0.2, -0.15) is 0 Å². The standard InChI is InChI=1S/C15H14Br2FN/c1-9-6-11(16)3-4-12(9)15(19)8-10-2-5-14(18)13(17)7-10/h2-7,15H,8,19H2,1H3. The number of rotatable bonds is 3. The van der Waals surface area contributed by atoms with Crippen LogP contribution in [0, 0.1) is 12.7 Å². The van der Waals surface area contributed by atoms with E-state index in [9.17, 15) is 4.39 Å². The Morgan fingerprint density at radius 3 is 2.53 bits per heavy atom. The Bertz CT molecular complexity index is 599. The molecule has 1 atom stereocenters. The van der Waals surface area contributed by atoms with Crippen molar-refractivity contribution in [2.75, 3.05) is 0 Å². The van der Waals surface area contributed by atoms with Crippen LogP contribution in [-0.4, -0.2) is 0 Å². The van der Waals surface area contributed by atoms with Crippen LogP contribution in [0.1, 0.15) is 22.7 Å². The molecule has 1 nitrogen and oxygen atoms in total. The molecule has 2 aromatic carbocycles. The zero-order chi connectivity index (χ0) is 14.0. The highest BCUT2D eigenvalue weighted by Gasteiger charge is 2.11. The molecule has 4 heteroatoms. The number of halogens is 3. The minimum Gasteiger partial charge on any atom is -0.324 e. The molecule has 0 bridgehead atoms. The fourth-order valence-electron chi connectivity index (χ4n) is 2.09. The summed E-state index contributed by atoms with van der Waals surface area (Å²) in [5.74, 6) is -0.253. The number of hydrogen-bond acceptors (Lipinski definition) is 1. The van der Waals surface area contributed by atoms with Gasteiger partial charge in [0.2, 0.25) is 0 Å². The fraction of sp³-hybridized carbons (Fsp3) is 0.200. The third kappa shape index (κ3) is 3.65. The first-order valence-corrected chi connectivity index (χ1v) is 7.51. The summed E-state index contributed by atoms with van der Waals surface area (Å²) < 4.78 is 14.7. The van der Waals surface area contributed by atoms with Gasteiger partial charge in [0.25, 0.3) is 0 Å². The summed E-state index contributed by atoms with van der Waals surface area (Å²) in [6, 6.07) is 11.0. The summed E-state index contributed by atoms with van der Waals surface area (Å²) in [5, 5.41) is 0. The molecule has 2 rings (SSSR count). The van der Waals surface area contributed by atoms with Gasteiger partial charge in [-0.3, -0.25) is 0 Å². The van der Waals surface area contributed by atoms with Gasteiger partial charge in [0.05, 0.1) is 4.47 Å². The second kappa shape index (κ2) is 6.16. The smallest absolute Gasteiger partial charge is 0.137 e. The molecule has 1 unspecified atom stereocenters. The van der Waals surface area contributed by atoms with E-state index < -0.39 is 0 Å². The van der Waals surface area contributed by atoms with Crippen LogP contribution in [0.2, 0.25) is 0 Å². The summed E-state index contributed by atoms with van der Waals surface area (Å²) in [6.07, 6.45) is 0.682. The Balaban J connectivity index is 2.20. The molecule has 0 aliphatic heterocycles. The van der Waals surface area contributed by atoms with E-state index in [1.807, 2.05) is 19.1 Å². The second-order valence-corrected chi connectivity index (χ2v) is 6.33. The highest BCUT2D eigenvalue weighted by Crippen LogP contribution is 2.24. The maximum absolute atomic E-state index is 13.2. The van der Waals surface area contributed by atoms with Crippen LogP contribution in [0.5, 0.6) is 0 Å². The Morgan fingerprint density at radius 2 is 1.89 bits per heavy atom. The Hall–Kier alpha value is -0.710. The van der Waals surface area contributed by atoms with E-state index in [1.54, 1.807) is 12.1 Å². The van der Waals surface area contributed by atoms with Crippen LogP contribution < -0.4 is 5.73 Å². The molecular formula is C15H14Br2FN. The van der Waals surface area contributed by atoms with Crippen LogP contribution in [0.4, 0.5) is 4.39 Å². The SMILES string of the molecule is Cc1cc(Br)ccc1C(N)Cc1ccc(F)c(Br)c1. The van der Waals surface area contributed by atoms with Gasteiger partial charge in [-0.15, -0.1) is 0 Å². The Kier molecular flexibility index (Phi) is 4.76. The van der Waals surface area contributed by atoms with Gasteiger partial charge in [-0.25, -0.2) is 4.39 Å². The van der Waals surface area contributed by atoms with Crippen molar-refractivity contribution in [1.29, 1.82) is 0 Å². The molecule has 0 saturated heterocycles. The van der Waals surface area contributed by atoms with Crippen molar-refractivity contribution in [3.05, 3.63) is 67.9 Å². The maximum atomic E-state index is 13.2. The molecule has 0 heterocycles. The molecule has 0 aliphatic carbocycles. The van der Waals surface area contributed by atoms with E-state index in [-0.39, 0.29) is 11.9 Å². The predicted molar refractivity (Wildman–Crippen MR) is 83.6 cm³/mol. The second-order valence-electron chi connectivity index (χ2n) is 4.56. The minimum absolute atomic E-state index is 0.0922. The lowest BCUT2D eigenvalue weighted by molar-refractivity contribution is 0.618. The van der Waals surface area contributed by atoms with Crippen molar-refractivity contribution < 1.29 is 4.39 Å². The summed E-state index contributed by atoms with van der Waals surface area (Å²) >= 11 is 6.64. The number of nitrogens with two attached hydrogens (primary N) is 1. The maximum Gasteiger partial charge on any atom is 0.137 e. The van der Waals surface area contributed by atoms with Crippen molar-refractivity contribution >= 4 is 31.9 Å². The van der Waals surface area contributed by atoms with Crippen molar-refractivity contribution in [1.82, 2.24) is 0 Å². The lowest BCUT2D eigenvalue weighted by atomic mass is 9.96. The lowest BCUT2D eigenvalue weighted by Gasteiger charge is -2.15. The van der Waals surface area contributed by atoms with Crippen LogP contribution in [0.25, 0.3) is 0 Å². The lowest BCUT2D eigenvalue weighted by Crippen LogP contribution is -2.14. The molecule has 19 heavy (non-hydrogen) atoms. The average molecular weight is 387 g/mol. The van der Waals surface area contributed by atoms with Gasteiger partial charge in [0, 0.05) is 10.5 Å². The Morgan fingerprint density at radius 1 is 1.16 bits per heavy atom. The monoisotopic (exact) mass is 385 g/mol. The molecule has 2 aromatic rings. The first kappa shape index (κ1) is 14.7. The van der Waals surface area contributed by atoms with Gasteiger partial charge < -0.3 is 5.73 Å². The number of aryl methyl sites for hydroxylation is 1. The molecule has 0 radical (unpaired) electrons. The topological polar surface area (TPSA) is 26.0 Å². The molecular weight excluding hydrogens is 373 g/mol. The summed E-state index contributed by atoms with van der Waals surface area (Å²) in [7, 11) is 0. The number of benzene rings is 2. The van der Waals surface area contributed by atoms with Crippen molar-refractivity contribution in [2.24, 2.45) is 5.73 Å². The first-order valence-electron chi connectivity index (χ1n) is 5.93. The van der Waals surface area contributed by atoms with E-state index in [4.69, 9.17) is 5.73 Å². The average Bonchev–Trinajstić information content (AvgIpc) is 2.33. The highest BCUT2D eigenvalue weighted by molar-refractivity contribution is 9.10. The van der Waals surface area contributed by atoms with Gasteiger partial charge >= 0.3 is 0 Å². The summed E-state index contributed by atoms with van der Waals surface area (Å²) in [6.45, 7) is 2.04. The normalized spacial score (nSPS) is 12.5. The van der Waals surface area contributed by atoms with Gasteiger partial charge in [-0.1, -0.05) is 28.1 Å². The molecule has 0 saturated carbocycles. The van der Waals surface area contributed by atoms with Gasteiger partial charge in [0.1, 0.15) is 5.82 Å². The molecule has 0 fully saturated rings. The summed E-state index contributed by atoms with van der Waals surface area (Å²) in [4.78, 5) is 0. The third-order valence-electron chi connectivity index (χ3n) is 3.07. The predicted octanol–water partition coefficient (Wildman–Crippen LogP) is 4.90. The van der Waals surface area contributed by atoms with Crippen molar-refractivity contribution in [3.63, 3.8) is 0 Å². The van der Waals surface area contributed by atoms with Crippen LogP contribution in [-0.2, 0) is 6.42 Å². The fourth-order valence-corrected chi connectivity index (χ4v) is 2.99. The largest absolute Gasteiger partial charge is 0.324 e. The third-order valence-corrected chi connectivity index (χ3v) is 4.17. The molecule has 0 spiro atoms. The van der Waals surface area contributed by atoms with Crippen LogP contribution >= 0.6 is 31.9 Å². The Labute approximate surface area is 129 Å². The van der Waals surface area contributed by atoms with Crippen molar-refractivity contribution in [3.8, 4) is 0 Å². The van der Waals surface area contributed by atoms with Crippen molar-refractivity contribution in [2.45, 2.75) is 19.4 Å². The van der Waals surface area contributed by atoms with E-state index in [1.165, 1.54) is 6.07 Å². The molecule has 0 aliphatic rings. The minimum atomic E-state index is -0.253. The van der Waals surface area contributed by atoms with E-state index in [0.29, 0.717) is 10.9 Å². The van der Waals surface area contributed by atoms with E-state index >= 15 is 0 Å². The van der Waals surface area contributed by atoms with E-state index in [0.717, 1.165) is 21.2 Å². The molecule has 0 amide bonds. The quantitative estimate of drug-likeness (QED) is 0.797. The molecule has 0 aromatic heterocycles.